The molecule has 0 radical (unpaired) electrons. The monoisotopic (exact) mass is 387 g/mol. The molecule has 0 heterocycles. The molecule has 0 aliphatic carbocycles. The van der Waals surface area contributed by atoms with Crippen LogP contribution in [0.15, 0.2) is 72.8 Å². The van der Waals surface area contributed by atoms with Crippen LogP contribution in [0.2, 0.25) is 0 Å². The topological polar surface area (TPSA) is 61.4 Å². The Morgan fingerprint density at radius 3 is 2.21 bits per heavy atom. The molecule has 0 saturated heterocycles. The molecule has 0 aliphatic heterocycles. The van der Waals surface area contributed by atoms with Crippen molar-refractivity contribution in [2.24, 2.45) is 0 Å². The molecule has 0 unspecified atom stereocenters. The number of aryl methyl sites for hydroxylation is 2. The molecule has 0 aliphatic rings. The molecular weight excluding hydrogens is 362 g/mol. The number of anilines is 3. The average Bonchev–Trinajstić information content (AvgIpc) is 2.71. The fourth-order valence-electron chi connectivity index (χ4n) is 3.16. The first-order valence-electron chi connectivity index (χ1n) is 9.47. The van der Waals surface area contributed by atoms with Gasteiger partial charge in [-0.25, -0.2) is 0 Å². The summed E-state index contributed by atoms with van der Waals surface area (Å²) in [6.07, 6.45) is 0. The van der Waals surface area contributed by atoms with E-state index in [0.717, 1.165) is 22.5 Å². The number of nitrogens with one attached hydrogen (secondary N) is 2. The van der Waals surface area contributed by atoms with Crippen molar-refractivity contribution in [2.45, 2.75) is 13.8 Å². The van der Waals surface area contributed by atoms with E-state index in [0.29, 0.717) is 11.3 Å². The van der Waals surface area contributed by atoms with Gasteiger partial charge in [0.2, 0.25) is 5.91 Å². The minimum absolute atomic E-state index is 0.110. The zero-order valence-corrected chi connectivity index (χ0v) is 16.9. The lowest BCUT2D eigenvalue weighted by Gasteiger charge is -2.18. The average molecular weight is 387 g/mol. The Balaban J connectivity index is 1.62. The SMILES string of the molecule is Cc1cc(C)cc(NC(=O)CNc2cccc(C(=O)N(C)c3ccccc3)c2)c1. The van der Waals surface area contributed by atoms with E-state index in [1.807, 2.05) is 62.4 Å². The molecule has 0 spiro atoms. The Labute approximate surface area is 171 Å². The van der Waals surface area contributed by atoms with Crippen molar-refractivity contribution in [1.82, 2.24) is 0 Å². The van der Waals surface area contributed by atoms with Crippen molar-refractivity contribution >= 4 is 28.9 Å². The molecule has 5 heteroatoms. The minimum atomic E-state index is -0.145. The first-order chi connectivity index (χ1) is 13.9. The summed E-state index contributed by atoms with van der Waals surface area (Å²) in [5.41, 5.74) is 5.07. The summed E-state index contributed by atoms with van der Waals surface area (Å²) < 4.78 is 0. The van der Waals surface area contributed by atoms with Crippen LogP contribution in [-0.2, 0) is 4.79 Å². The number of rotatable bonds is 6. The summed E-state index contributed by atoms with van der Waals surface area (Å²) in [6.45, 7) is 4.10. The third kappa shape index (κ3) is 5.45. The summed E-state index contributed by atoms with van der Waals surface area (Å²) in [5, 5.41) is 5.98. The number of hydrogen-bond donors (Lipinski definition) is 2. The summed E-state index contributed by atoms with van der Waals surface area (Å²) in [6, 6.07) is 22.6. The molecular formula is C24H25N3O2. The van der Waals surface area contributed by atoms with Gasteiger partial charge in [0.25, 0.3) is 5.91 Å². The van der Waals surface area contributed by atoms with Crippen LogP contribution in [0.1, 0.15) is 21.5 Å². The van der Waals surface area contributed by atoms with Crippen molar-refractivity contribution in [3.05, 3.63) is 89.5 Å². The highest BCUT2D eigenvalue weighted by Crippen LogP contribution is 2.18. The lowest BCUT2D eigenvalue weighted by molar-refractivity contribution is -0.114. The lowest BCUT2D eigenvalue weighted by Crippen LogP contribution is -2.26. The highest BCUT2D eigenvalue weighted by Gasteiger charge is 2.13. The molecule has 3 aromatic rings. The van der Waals surface area contributed by atoms with E-state index in [4.69, 9.17) is 0 Å². The highest BCUT2D eigenvalue weighted by atomic mass is 16.2. The summed E-state index contributed by atoms with van der Waals surface area (Å²) >= 11 is 0. The van der Waals surface area contributed by atoms with Gasteiger partial charge < -0.3 is 15.5 Å². The normalized spacial score (nSPS) is 10.3. The second kappa shape index (κ2) is 9.06. The Bertz CT molecular complexity index is 995. The predicted molar refractivity (Wildman–Crippen MR) is 119 cm³/mol. The van der Waals surface area contributed by atoms with E-state index in [2.05, 4.69) is 16.7 Å². The van der Waals surface area contributed by atoms with Gasteiger partial charge in [0.1, 0.15) is 0 Å². The molecule has 0 fully saturated rings. The number of para-hydroxylation sites is 1. The van der Waals surface area contributed by atoms with E-state index >= 15 is 0 Å². The number of amides is 2. The Hall–Kier alpha value is -3.60. The maximum atomic E-state index is 12.8. The molecule has 0 aromatic heterocycles. The number of carbonyl (C=O) groups excluding carboxylic acids is 2. The fraction of sp³-hybridized carbons (Fsp3) is 0.167. The predicted octanol–water partition coefficient (Wildman–Crippen LogP) is 4.63. The zero-order chi connectivity index (χ0) is 20.8. The van der Waals surface area contributed by atoms with Crippen molar-refractivity contribution in [3.8, 4) is 0 Å². The van der Waals surface area contributed by atoms with E-state index in [9.17, 15) is 9.59 Å². The maximum absolute atomic E-state index is 12.8. The Kier molecular flexibility index (Phi) is 6.29. The molecule has 29 heavy (non-hydrogen) atoms. The second-order valence-electron chi connectivity index (χ2n) is 7.06. The first kappa shape index (κ1) is 20.1. The number of carbonyl (C=O) groups is 2. The zero-order valence-electron chi connectivity index (χ0n) is 16.9. The van der Waals surface area contributed by atoms with Crippen LogP contribution in [0.25, 0.3) is 0 Å². The second-order valence-corrected chi connectivity index (χ2v) is 7.06. The molecule has 0 bridgehead atoms. The van der Waals surface area contributed by atoms with E-state index < -0.39 is 0 Å². The Morgan fingerprint density at radius 2 is 1.52 bits per heavy atom. The van der Waals surface area contributed by atoms with Crippen LogP contribution in [-0.4, -0.2) is 25.4 Å². The molecule has 2 N–H and O–H groups in total. The van der Waals surface area contributed by atoms with Gasteiger partial charge in [0.05, 0.1) is 6.54 Å². The smallest absolute Gasteiger partial charge is 0.258 e. The van der Waals surface area contributed by atoms with Gasteiger partial charge in [0, 0.05) is 29.7 Å². The molecule has 3 rings (SSSR count). The molecule has 3 aromatic carbocycles. The van der Waals surface area contributed by atoms with Crippen LogP contribution in [0.5, 0.6) is 0 Å². The van der Waals surface area contributed by atoms with Crippen LogP contribution >= 0.6 is 0 Å². The van der Waals surface area contributed by atoms with Gasteiger partial charge in [-0.15, -0.1) is 0 Å². The largest absolute Gasteiger partial charge is 0.376 e. The highest BCUT2D eigenvalue weighted by molar-refractivity contribution is 6.06. The van der Waals surface area contributed by atoms with E-state index in [-0.39, 0.29) is 18.4 Å². The van der Waals surface area contributed by atoms with Crippen LogP contribution < -0.4 is 15.5 Å². The van der Waals surface area contributed by atoms with Gasteiger partial charge in [0.15, 0.2) is 0 Å². The molecule has 148 valence electrons. The number of hydrogen-bond acceptors (Lipinski definition) is 3. The standard InChI is InChI=1S/C24H25N3O2/c1-17-12-18(2)14-21(13-17)26-23(28)16-25-20-9-7-8-19(15-20)24(29)27(3)22-10-5-4-6-11-22/h4-15,25H,16H2,1-3H3,(H,26,28). The molecule has 2 amide bonds. The van der Waals surface area contributed by atoms with Gasteiger partial charge in [-0.05, 0) is 67.4 Å². The summed E-state index contributed by atoms with van der Waals surface area (Å²) in [4.78, 5) is 26.6. The van der Waals surface area contributed by atoms with E-state index in [1.165, 1.54) is 0 Å². The minimum Gasteiger partial charge on any atom is -0.376 e. The van der Waals surface area contributed by atoms with Crippen LogP contribution in [0, 0.1) is 13.8 Å². The van der Waals surface area contributed by atoms with Gasteiger partial charge in [-0.1, -0.05) is 30.3 Å². The number of nitrogens with zero attached hydrogens (tertiary/aromatic N) is 1. The first-order valence-corrected chi connectivity index (χ1v) is 9.47. The van der Waals surface area contributed by atoms with Crippen molar-refractivity contribution < 1.29 is 9.59 Å². The quantitative estimate of drug-likeness (QED) is 0.648. The van der Waals surface area contributed by atoms with Crippen molar-refractivity contribution in [2.75, 3.05) is 29.1 Å². The third-order valence-corrected chi connectivity index (χ3v) is 4.52. The van der Waals surface area contributed by atoms with Gasteiger partial charge in [-0.2, -0.15) is 0 Å². The maximum Gasteiger partial charge on any atom is 0.258 e. The summed E-state index contributed by atoms with van der Waals surface area (Å²) in [7, 11) is 1.75. The lowest BCUT2D eigenvalue weighted by atomic mass is 10.1. The summed E-state index contributed by atoms with van der Waals surface area (Å²) in [5.74, 6) is -0.257. The Morgan fingerprint density at radius 1 is 0.828 bits per heavy atom. The van der Waals surface area contributed by atoms with E-state index in [1.54, 1.807) is 30.1 Å². The third-order valence-electron chi connectivity index (χ3n) is 4.52. The van der Waals surface area contributed by atoms with Gasteiger partial charge >= 0.3 is 0 Å². The van der Waals surface area contributed by atoms with Crippen molar-refractivity contribution in [1.29, 1.82) is 0 Å². The van der Waals surface area contributed by atoms with Crippen LogP contribution in [0.4, 0.5) is 17.1 Å². The van der Waals surface area contributed by atoms with Crippen LogP contribution in [0.3, 0.4) is 0 Å². The molecule has 5 nitrogen and oxygen atoms in total. The van der Waals surface area contributed by atoms with Crippen molar-refractivity contribution in [3.63, 3.8) is 0 Å². The fourth-order valence-corrected chi connectivity index (χ4v) is 3.16. The molecule has 0 atom stereocenters. The number of benzene rings is 3. The van der Waals surface area contributed by atoms with Gasteiger partial charge in [-0.3, -0.25) is 9.59 Å². The molecule has 0 saturated carbocycles.